The van der Waals surface area contributed by atoms with Gasteiger partial charge in [-0.05, 0) is 87.0 Å². The van der Waals surface area contributed by atoms with Crippen LogP contribution in [0.3, 0.4) is 0 Å². The average Bonchev–Trinajstić information content (AvgIpc) is 3.35. The highest BCUT2D eigenvalue weighted by Crippen LogP contribution is 2.60. The normalized spacial score (nSPS) is 40.8. The quantitative estimate of drug-likeness (QED) is 0.718. The third-order valence-electron chi connectivity index (χ3n) is 9.35. The van der Waals surface area contributed by atoms with Gasteiger partial charge in [-0.1, -0.05) is 0 Å². The molecular formula is C25H34ClN3O3. The van der Waals surface area contributed by atoms with E-state index in [2.05, 4.69) is 5.32 Å². The van der Waals surface area contributed by atoms with E-state index in [1.807, 2.05) is 11.1 Å². The number of nitrogens with zero attached hydrogens (tertiary/aromatic N) is 2. The van der Waals surface area contributed by atoms with Crippen molar-refractivity contribution in [2.75, 3.05) is 31.6 Å². The van der Waals surface area contributed by atoms with Crippen LogP contribution in [0.2, 0.25) is 0 Å². The smallest absolute Gasteiger partial charge is 0.255 e. The molecule has 1 aliphatic heterocycles. The Morgan fingerprint density at radius 1 is 1.06 bits per heavy atom. The van der Waals surface area contributed by atoms with Crippen LogP contribution < -0.4 is 5.32 Å². The number of amides is 1. The molecule has 6 nitrogen and oxygen atoms in total. The zero-order valence-electron chi connectivity index (χ0n) is 18.6. The Balaban J connectivity index is 0.00000196. The third kappa shape index (κ3) is 3.13. The fourth-order valence-electron chi connectivity index (χ4n) is 8.72. The van der Waals surface area contributed by atoms with Crippen molar-refractivity contribution in [3.8, 4) is 0 Å². The molecule has 8 rings (SSSR count). The van der Waals surface area contributed by atoms with Crippen molar-refractivity contribution >= 4 is 24.1 Å². The largest absolute Gasteiger partial charge is 0.390 e. The molecule has 0 radical (unpaired) electrons. The summed E-state index contributed by atoms with van der Waals surface area (Å²) < 4.78 is 5.45. The molecule has 7 heteroatoms. The minimum Gasteiger partial charge on any atom is -0.390 e. The summed E-state index contributed by atoms with van der Waals surface area (Å²) in [5.74, 6) is 3.48. The summed E-state index contributed by atoms with van der Waals surface area (Å²) in [7, 11) is 0. The van der Waals surface area contributed by atoms with E-state index in [1.165, 1.54) is 36.8 Å². The lowest BCUT2D eigenvalue weighted by Crippen LogP contribution is -2.62. The highest BCUT2D eigenvalue weighted by molar-refractivity contribution is 5.97. The van der Waals surface area contributed by atoms with Gasteiger partial charge in [-0.25, -0.2) is 4.98 Å². The van der Waals surface area contributed by atoms with Gasteiger partial charge in [0.25, 0.3) is 5.91 Å². The summed E-state index contributed by atoms with van der Waals surface area (Å²) in [4.78, 5) is 20.2. The molecule has 174 valence electrons. The lowest BCUT2D eigenvalue weighted by atomic mass is 9.51. The second-order valence-corrected chi connectivity index (χ2v) is 11.6. The molecule has 1 aromatic rings. The number of aromatic nitrogens is 1. The summed E-state index contributed by atoms with van der Waals surface area (Å²) in [5, 5.41) is 15.1. The zero-order chi connectivity index (χ0) is 20.8. The first-order valence-electron chi connectivity index (χ1n) is 12.4. The number of aliphatic hydroxyl groups is 1. The molecule has 5 saturated carbocycles. The molecule has 7 aliphatic rings. The standard InChI is InChI=1S/C25H33N3O3.ClH/c29-23(28-3-5-31-6-4-28)19-13-26-22(21-18-2-1-17(8-18)20(19)21)27-24-9-15-7-16(10-24)12-25(30,11-15)14-24;/h13,15-18,30H,1-12,14H2,(H,26,27);1H. The van der Waals surface area contributed by atoms with E-state index in [-0.39, 0.29) is 23.9 Å². The van der Waals surface area contributed by atoms with Crippen LogP contribution in [0.1, 0.15) is 91.1 Å². The Morgan fingerprint density at radius 2 is 1.75 bits per heavy atom. The zero-order valence-corrected chi connectivity index (χ0v) is 19.5. The fraction of sp³-hybridized carbons (Fsp3) is 0.760. The van der Waals surface area contributed by atoms with Crippen molar-refractivity contribution in [2.24, 2.45) is 11.8 Å². The lowest BCUT2D eigenvalue weighted by molar-refractivity contribution is -0.127. The number of hydrogen-bond donors (Lipinski definition) is 2. The van der Waals surface area contributed by atoms with E-state index in [4.69, 9.17) is 9.72 Å². The van der Waals surface area contributed by atoms with Crippen molar-refractivity contribution < 1.29 is 14.6 Å². The Labute approximate surface area is 195 Å². The van der Waals surface area contributed by atoms with Crippen molar-refractivity contribution in [1.82, 2.24) is 9.88 Å². The maximum absolute atomic E-state index is 13.4. The van der Waals surface area contributed by atoms with Gasteiger partial charge in [0.05, 0.1) is 24.4 Å². The van der Waals surface area contributed by atoms with Crippen LogP contribution in [0.15, 0.2) is 6.20 Å². The molecule has 6 fully saturated rings. The maximum atomic E-state index is 13.4. The molecule has 1 saturated heterocycles. The van der Waals surface area contributed by atoms with E-state index in [9.17, 15) is 9.90 Å². The molecule has 1 aromatic heterocycles. The first kappa shape index (κ1) is 21.2. The maximum Gasteiger partial charge on any atom is 0.255 e. The van der Waals surface area contributed by atoms with Crippen LogP contribution in [-0.4, -0.2) is 58.3 Å². The first-order valence-corrected chi connectivity index (χ1v) is 12.4. The van der Waals surface area contributed by atoms with Gasteiger partial charge < -0.3 is 20.1 Å². The second-order valence-electron chi connectivity index (χ2n) is 11.6. The van der Waals surface area contributed by atoms with Gasteiger partial charge in [0.1, 0.15) is 5.82 Å². The van der Waals surface area contributed by atoms with Crippen molar-refractivity contribution in [1.29, 1.82) is 0 Å². The number of carbonyl (C=O) groups is 1. The third-order valence-corrected chi connectivity index (χ3v) is 9.35. The van der Waals surface area contributed by atoms with Gasteiger partial charge in [0.15, 0.2) is 0 Å². The first-order chi connectivity index (χ1) is 15.0. The van der Waals surface area contributed by atoms with Crippen molar-refractivity contribution in [3.05, 3.63) is 22.9 Å². The molecule has 0 aromatic carbocycles. The molecule has 4 atom stereocenters. The number of fused-ring (bicyclic) bond motifs is 5. The Bertz CT molecular complexity index is 933. The predicted octanol–water partition coefficient (Wildman–Crippen LogP) is 3.84. The van der Waals surface area contributed by atoms with Gasteiger partial charge in [-0.2, -0.15) is 0 Å². The van der Waals surface area contributed by atoms with Gasteiger partial charge >= 0.3 is 0 Å². The van der Waals surface area contributed by atoms with Gasteiger partial charge in [-0.15, -0.1) is 12.4 Å². The van der Waals surface area contributed by atoms with Crippen molar-refractivity contribution in [2.45, 2.75) is 80.8 Å². The number of rotatable bonds is 3. The number of halogens is 1. The van der Waals surface area contributed by atoms with Gasteiger partial charge in [0, 0.05) is 30.4 Å². The number of anilines is 1. The summed E-state index contributed by atoms with van der Waals surface area (Å²) in [5.41, 5.74) is 2.95. The molecule has 1 amide bonds. The number of ether oxygens (including phenoxy) is 1. The second kappa shape index (κ2) is 7.31. The molecule has 2 N–H and O–H groups in total. The van der Waals surface area contributed by atoms with Crippen molar-refractivity contribution in [3.63, 3.8) is 0 Å². The van der Waals surface area contributed by atoms with E-state index in [1.54, 1.807) is 0 Å². The fourth-order valence-corrected chi connectivity index (χ4v) is 8.72. The van der Waals surface area contributed by atoms with E-state index < -0.39 is 5.60 Å². The van der Waals surface area contributed by atoms with Crippen LogP contribution in [0.25, 0.3) is 0 Å². The molecular weight excluding hydrogens is 426 g/mol. The van der Waals surface area contributed by atoms with E-state index >= 15 is 0 Å². The summed E-state index contributed by atoms with van der Waals surface area (Å²) in [6, 6.07) is 0. The summed E-state index contributed by atoms with van der Waals surface area (Å²) >= 11 is 0. The lowest BCUT2D eigenvalue weighted by Gasteiger charge is -2.60. The van der Waals surface area contributed by atoms with E-state index in [0.29, 0.717) is 50.0 Å². The van der Waals surface area contributed by atoms with E-state index in [0.717, 1.165) is 43.5 Å². The number of carbonyl (C=O) groups excluding carboxylic acids is 1. The molecule has 6 aliphatic carbocycles. The average molecular weight is 460 g/mol. The molecule has 32 heavy (non-hydrogen) atoms. The molecule has 6 bridgehead atoms. The van der Waals surface area contributed by atoms with Crippen LogP contribution in [-0.2, 0) is 4.74 Å². The minimum absolute atomic E-state index is 0. The minimum atomic E-state index is -0.481. The highest BCUT2D eigenvalue weighted by Gasteiger charge is 2.57. The molecule has 2 heterocycles. The number of morpholine rings is 1. The predicted molar refractivity (Wildman–Crippen MR) is 124 cm³/mol. The molecule has 4 unspecified atom stereocenters. The number of nitrogens with one attached hydrogen (secondary N) is 1. The van der Waals surface area contributed by atoms with Gasteiger partial charge in [0.2, 0.25) is 0 Å². The topological polar surface area (TPSA) is 74.7 Å². The SMILES string of the molecule is Cl.O=C(c1cnc(NC23CC4CC(CC(O)(C4)C2)C3)c2c1C1CCC2C1)N1CCOCC1. The Morgan fingerprint density at radius 3 is 2.44 bits per heavy atom. The summed E-state index contributed by atoms with van der Waals surface area (Å²) in [6.45, 7) is 2.60. The molecule has 0 spiro atoms. The Hall–Kier alpha value is -1.37. The number of pyridine rings is 1. The Kier molecular flexibility index (Phi) is 4.84. The number of hydrogen-bond acceptors (Lipinski definition) is 5. The highest BCUT2D eigenvalue weighted by atomic mass is 35.5. The van der Waals surface area contributed by atoms with Gasteiger partial charge in [-0.3, -0.25) is 4.79 Å². The van der Waals surface area contributed by atoms with Crippen LogP contribution in [0.5, 0.6) is 0 Å². The van der Waals surface area contributed by atoms with Crippen LogP contribution in [0.4, 0.5) is 5.82 Å². The van der Waals surface area contributed by atoms with Crippen LogP contribution in [0, 0.1) is 11.8 Å². The van der Waals surface area contributed by atoms with Crippen LogP contribution >= 0.6 is 12.4 Å². The summed E-state index contributed by atoms with van der Waals surface area (Å²) in [6.07, 6.45) is 11.9. The monoisotopic (exact) mass is 459 g/mol.